The second-order valence-electron chi connectivity index (χ2n) is 6.75. The molecule has 0 fully saturated rings. The quantitative estimate of drug-likeness (QED) is 0.416. The van der Waals surface area contributed by atoms with Crippen molar-refractivity contribution in [1.82, 2.24) is 9.55 Å². The number of halogens is 5. The number of benzene rings is 3. The molecule has 0 radical (unpaired) electrons. The average Bonchev–Trinajstić information content (AvgIpc) is 3.13. The van der Waals surface area contributed by atoms with E-state index >= 15 is 0 Å². The van der Waals surface area contributed by atoms with Crippen molar-refractivity contribution >= 4 is 22.6 Å². The number of ether oxygens (including phenoxy) is 1. The van der Waals surface area contributed by atoms with Gasteiger partial charge in [0.05, 0.1) is 23.7 Å². The highest BCUT2D eigenvalue weighted by Gasteiger charge is 2.38. The number of aromatic nitrogens is 2. The van der Waals surface area contributed by atoms with E-state index in [2.05, 4.69) is 10.3 Å². The molecule has 0 spiro atoms. The summed E-state index contributed by atoms with van der Waals surface area (Å²) >= 11 is 0. The van der Waals surface area contributed by atoms with Gasteiger partial charge in [0.1, 0.15) is 17.4 Å². The first-order valence-corrected chi connectivity index (χ1v) is 9.18. The Morgan fingerprint density at radius 2 is 1.72 bits per heavy atom. The first-order valence-electron chi connectivity index (χ1n) is 9.18. The molecule has 1 heterocycles. The van der Waals surface area contributed by atoms with Crippen molar-refractivity contribution in [3.63, 3.8) is 0 Å². The maximum atomic E-state index is 13.8. The van der Waals surface area contributed by atoms with E-state index < -0.39 is 29.5 Å². The third kappa shape index (κ3) is 3.98. The maximum Gasteiger partial charge on any atom is 0.450 e. The molecule has 32 heavy (non-hydrogen) atoms. The van der Waals surface area contributed by atoms with Gasteiger partial charge in [-0.15, -0.1) is 0 Å². The summed E-state index contributed by atoms with van der Waals surface area (Å²) in [6.07, 6.45) is -4.72. The van der Waals surface area contributed by atoms with E-state index in [1.54, 1.807) is 0 Å². The second kappa shape index (κ2) is 7.95. The summed E-state index contributed by atoms with van der Waals surface area (Å²) in [6.45, 7) is 0. The fourth-order valence-corrected chi connectivity index (χ4v) is 3.20. The highest BCUT2D eigenvalue weighted by atomic mass is 19.4. The van der Waals surface area contributed by atoms with E-state index in [1.165, 1.54) is 49.6 Å². The molecule has 164 valence electrons. The van der Waals surface area contributed by atoms with Gasteiger partial charge in [0, 0.05) is 23.5 Å². The molecule has 0 aliphatic heterocycles. The van der Waals surface area contributed by atoms with Gasteiger partial charge >= 0.3 is 6.18 Å². The summed E-state index contributed by atoms with van der Waals surface area (Å²) < 4.78 is 73.7. The number of anilines is 1. The molecule has 0 atom stereocenters. The number of carbonyl (C=O) groups excluding carboxylic acids is 1. The molecule has 1 N–H and O–H groups in total. The molecule has 1 aromatic heterocycles. The zero-order valence-corrected chi connectivity index (χ0v) is 16.4. The fourth-order valence-electron chi connectivity index (χ4n) is 3.20. The SMILES string of the molecule is COc1ccc2c(c1)nc(C(F)(F)F)n2-c1ccc(NC(=O)c2ccc(F)cc2F)cc1. The van der Waals surface area contributed by atoms with Crippen LogP contribution in [0.5, 0.6) is 5.75 Å². The highest BCUT2D eigenvalue weighted by Crippen LogP contribution is 2.35. The van der Waals surface area contributed by atoms with Crippen LogP contribution in [-0.4, -0.2) is 22.6 Å². The summed E-state index contributed by atoms with van der Waals surface area (Å²) in [4.78, 5) is 15.9. The number of alkyl halides is 3. The van der Waals surface area contributed by atoms with Crippen LogP contribution in [0.2, 0.25) is 0 Å². The molecule has 0 saturated heterocycles. The number of hydrogen-bond acceptors (Lipinski definition) is 3. The number of fused-ring (bicyclic) bond motifs is 1. The Balaban J connectivity index is 1.69. The van der Waals surface area contributed by atoms with Gasteiger partial charge in [0.25, 0.3) is 5.91 Å². The zero-order chi connectivity index (χ0) is 23.0. The minimum atomic E-state index is -4.72. The smallest absolute Gasteiger partial charge is 0.450 e. The van der Waals surface area contributed by atoms with Crippen LogP contribution in [0.15, 0.2) is 60.7 Å². The lowest BCUT2D eigenvalue weighted by Crippen LogP contribution is -2.15. The van der Waals surface area contributed by atoms with Crippen LogP contribution in [0.1, 0.15) is 16.2 Å². The molecule has 4 rings (SSSR count). The number of amides is 1. The van der Waals surface area contributed by atoms with E-state index in [1.807, 2.05) is 0 Å². The first kappa shape index (κ1) is 21.3. The number of carbonyl (C=O) groups is 1. The van der Waals surface area contributed by atoms with E-state index in [4.69, 9.17) is 4.74 Å². The van der Waals surface area contributed by atoms with Gasteiger partial charge in [0.15, 0.2) is 0 Å². The molecule has 10 heteroatoms. The molecule has 0 unspecified atom stereocenters. The third-order valence-corrected chi connectivity index (χ3v) is 4.67. The molecule has 3 aromatic carbocycles. The van der Waals surface area contributed by atoms with Crippen LogP contribution >= 0.6 is 0 Å². The Labute approximate surface area is 178 Å². The topological polar surface area (TPSA) is 56.1 Å². The monoisotopic (exact) mass is 447 g/mol. The lowest BCUT2D eigenvalue weighted by atomic mass is 10.2. The van der Waals surface area contributed by atoms with Gasteiger partial charge in [-0.05, 0) is 48.5 Å². The molecule has 0 aliphatic carbocycles. The second-order valence-corrected chi connectivity index (χ2v) is 6.75. The van der Waals surface area contributed by atoms with Crippen molar-refractivity contribution < 1.29 is 31.5 Å². The van der Waals surface area contributed by atoms with Crippen LogP contribution in [0.4, 0.5) is 27.6 Å². The lowest BCUT2D eigenvalue weighted by molar-refractivity contribution is -0.145. The van der Waals surface area contributed by atoms with Crippen molar-refractivity contribution in [2.45, 2.75) is 6.18 Å². The molecular formula is C22H14F5N3O2. The summed E-state index contributed by atoms with van der Waals surface area (Å²) in [5, 5.41) is 2.42. The molecule has 1 amide bonds. The molecule has 5 nitrogen and oxygen atoms in total. The van der Waals surface area contributed by atoms with Gasteiger partial charge in [-0.25, -0.2) is 13.8 Å². The number of rotatable bonds is 4. The number of nitrogens with one attached hydrogen (secondary N) is 1. The minimum Gasteiger partial charge on any atom is -0.497 e. The predicted octanol–water partition coefficient (Wildman–Crippen LogP) is 5.58. The van der Waals surface area contributed by atoms with Crippen molar-refractivity contribution in [3.8, 4) is 11.4 Å². The Morgan fingerprint density at radius 1 is 1.00 bits per heavy atom. The van der Waals surface area contributed by atoms with Crippen LogP contribution in [-0.2, 0) is 6.18 Å². The zero-order valence-electron chi connectivity index (χ0n) is 16.4. The van der Waals surface area contributed by atoms with Gasteiger partial charge in [-0.1, -0.05) is 0 Å². The third-order valence-electron chi connectivity index (χ3n) is 4.67. The largest absolute Gasteiger partial charge is 0.497 e. The van der Waals surface area contributed by atoms with Crippen molar-refractivity contribution in [3.05, 3.63) is 83.7 Å². The van der Waals surface area contributed by atoms with E-state index in [9.17, 15) is 26.7 Å². The van der Waals surface area contributed by atoms with Gasteiger partial charge in [-0.2, -0.15) is 13.2 Å². The first-order chi connectivity index (χ1) is 15.2. The summed E-state index contributed by atoms with van der Waals surface area (Å²) in [6, 6.07) is 12.3. The molecule has 4 aromatic rings. The maximum absolute atomic E-state index is 13.8. The highest BCUT2D eigenvalue weighted by molar-refractivity contribution is 6.04. The molecule has 0 saturated carbocycles. The Bertz CT molecular complexity index is 1310. The standard InChI is InChI=1S/C22H14F5N3O2/c1-32-15-7-9-19-18(11-15)29-21(22(25,26)27)30(19)14-5-3-13(4-6-14)28-20(31)16-8-2-12(23)10-17(16)24/h2-11H,1H3,(H,28,31). The average molecular weight is 447 g/mol. The van der Waals surface area contributed by atoms with E-state index in [0.29, 0.717) is 11.8 Å². The van der Waals surface area contributed by atoms with Crippen LogP contribution in [0, 0.1) is 11.6 Å². The van der Waals surface area contributed by atoms with Gasteiger partial charge < -0.3 is 10.1 Å². The van der Waals surface area contributed by atoms with Crippen molar-refractivity contribution in [2.24, 2.45) is 0 Å². The number of hydrogen-bond donors (Lipinski definition) is 1. The Kier molecular flexibility index (Phi) is 5.29. The van der Waals surface area contributed by atoms with Crippen LogP contribution in [0.3, 0.4) is 0 Å². The summed E-state index contributed by atoms with van der Waals surface area (Å²) in [5.74, 6) is -3.44. The van der Waals surface area contributed by atoms with Crippen LogP contribution < -0.4 is 10.1 Å². The van der Waals surface area contributed by atoms with Crippen LogP contribution in [0.25, 0.3) is 16.7 Å². The fraction of sp³-hybridized carbons (Fsp3) is 0.0909. The van der Waals surface area contributed by atoms with Crippen molar-refractivity contribution in [1.29, 1.82) is 0 Å². The number of imidazole rings is 1. The molecular weight excluding hydrogens is 433 g/mol. The Morgan fingerprint density at radius 3 is 2.34 bits per heavy atom. The molecule has 0 bridgehead atoms. The number of nitrogens with zero attached hydrogens (tertiary/aromatic N) is 2. The summed E-state index contributed by atoms with van der Waals surface area (Å²) in [7, 11) is 1.40. The van der Waals surface area contributed by atoms with Crippen molar-refractivity contribution in [2.75, 3.05) is 12.4 Å². The van der Waals surface area contributed by atoms with Gasteiger partial charge in [0.2, 0.25) is 5.82 Å². The minimum absolute atomic E-state index is 0.0980. The Hall–Kier alpha value is -3.95. The van der Waals surface area contributed by atoms with Gasteiger partial charge in [-0.3, -0.25) is 9.36 Å². The van der Waals surface area contributed by atoms with E-state index in [0.717, 1.165) is 16.7 Å². The number of methoxy groups -OCH3 is 1. The normalized spacial score (nSPS) is 11.6. The molecule has 0 aliphatic rings. The summed E-state index contributed by atoms with van der Waals surface area (Å²) in [5.41, 5.74) is 0.298. The van der Waals surface area contributed by atoms with E-state index in [-0.39, 0.29) is 28.0 Å². The predicted molar refractivity (Wildman–Crippen MR) is 107 cm³/mol. The lowest BCUT2D eigenvalue weighted by Gasteiger charge is -2.13.